The van der Waals surface area contributed by atoms with Gasteiger partial charge in [-0.2, -0.15) is 0 Å². The number of anilines is 2. The van der Waals surface area contributed by atoms with Gasteiger partial charge in [0.2, 0.25) is 5.91 Å². The first-order valence-electron chi connectivity index (χ1n) is 16.5. The van der Waals surface area contributed by atoms with Gasteiger partial charge in [0.1, 0.15) is 11.6 Å². The van der Waals surface area contributed by atoms with Crippen LogP contribution in [0.2, 0.25) is 0 Å². The van der Waals surface area contributed by atoms with Gasteiger partial charge in [-0.25, -0.2) is 9.18 Å². The van der Waals surface area contributed by atoms with Gasteiger partial charge in [-0.05, 0) is 81.1 Å². The summed E-state index contributed by atoms with van der Waals surface area (Å²) in [5.74, 6) is -0.817. The van der Waals surface area contributed by atoms with Crippen LogP contribution in [0.3, 0.4) is 0 Å². The van der Waals surface area contributed by atoms with E-state index in [4.69, 9.17) is 9.47 Å². The number of likely N-dealkylation sites (N-methyl/N-ethyl adjacent to an activating group) is 1. The second kappa shape index (κ2) is 17.6. The zero-order valence-corrected chi connectivity index (χ0v) is 28.2. The summed E-state index contributed by atoms with van der Waals surface area (Å²) in [6, 6.07) is 19.1. The smallest absolute Gasteiger partial charge is 0.321 e. The van der Waals surface area contributed by atoms with Crippen molar-refractivity contribution in [2.24, 2.45) is 5.92 Å². The second-order valence-corrected chi connectivity index (χ2v) is 12.5. The van der Waals surface area contributed by atoms with Crippen LogP contribution >= 0.6 is 0 Å². The predicted molar refractivity (Wildman–Crippen MR) is 184 cm³/mol. The number of carbonyl (C=O) groups is 3. The largest absolute Gasteiger partial charge is 0.490 e. The Hall–Kier alpha value is -4.48. The molecular formula is C37H47FN4O6. The van der Waals surface area contributed by atoms with Crippen molar-refractivity contribution < 1.29 is 33.4 Å². The Labute approximate surface area is 282 Å². The van der Waals surface area contributed by atoms with Crippen molar-refractivity contribution in [2.75, 3.05) is 44.0 Å². The summed E-state index contributed by atoms with van der Waals surface area (Å²) in [6.07, 6.45) is 1.88. The van der Waals surface area contributed by atoms with Gasteiger partial charge in [-0.1, -0.05) is 37.3 Å². The molecule has 3 N–H and O–H groups in total. The average Bonchev–Trinajstić information content (AvgIpc) is 3.07. The second-order valence-electron chi connectivity index (χ2n) is 12.5. The molecule has 0 aromatic heterocycles. The summed E-state index contributed by atoms with van der Waals surface area (Å²) in [6.45, 7) is 6.30. The number of carbonyl (C=O) groups excluding carboxylic acids is 3. The van der Waals surface area contributed by atoms with E-state index in [1.54, 1.807) is 37.1 Å². The minimum absolute atomic E-state index is 0.183. The molecule has 0 radical (unpaired) electrons. The first-order valence-corrected chi connectivity index (χ1v) is 16.5. The molecule has 1 aliphatic heterocycles. The molecule has 1 heterocycles. The maximum absolute atomic E-state index is 14.3. The first-order chi connectivity index (χ1) is 23.0. The van der Waals surface area contributed by atoms with Gasteiger partial charge < -0.3 is 35.0 Å². The van der Waals surface area contributed by atoms with Crippen LogP contribution in [0.5, 0.6) is 5.75 Å². The molecule has 0 unspecified atom stereocenters. The van der Waals surface area contributed by atoms with Gasteiger partial charge in [-0.3, -0.25) is 9.59 Å². The highest BCUT2D eigenvalue weighted by atomic mass is 19.1. The summed E-state index contributed by atoms with van der Waals surface area (Å²) in [4.78, 5) is 43.3. The Morgan fingerprint density at radius 1 is 1.02 bits per heavy atom. The van der Waals surface area contributed by atoms with Crippen LogP contribution in [0, 0.1) is 11.7 Å². The topological polar surface area (TPSA) is 120 Å². The Morgan fingerprint density at radius 3 is 2.44 bits per heavy atom. The Morgan fingerprint density at radius 2 is 1.73 bits per heavy atom. The number of hydrogen-bond acceptors (Lipinski definition) is 6. The van der Waals surface area contributed by atoms with Crippen molar-refractivity contribution in [1.29, 1.82) is 0 Å². The van der Waals surface area contributed by atoms with E-state index in [0.717, 1.165) is 24.8 Å². The number of aliphatic hydroxyl groups excluding tert-OH is 1. The molecule has 0 aliphatic carbocycles. The fourth-order valence-corrected chi connectivity index (χ4v) is 5.55. The molecule has 11 heteroatoms. The number of aliphatic hydroxyl groups is 1. The van der Waals surface area contributed by atoms with Crippen molar-refractivity contribution in [3.63, 3.8) is 0 Å². The summed E-state index contributed by atoms with van der Waals surface area (Å²) in [5, 5.41) is 15.9. The number of halogens is 1. The van der Waals surface area contributed by atoms with Crippen molar-refractivity contribution in [2.45, 2.75) is 64.7 Å². The maximum Gasteiger partial charge on any atom is 0.321 e. The molecule has 4 rings (SSSR count). The number of urea groups is 1. The Balaban J connectivity index is 1.57. The fraction of sp³-hybridized carbons (Fsp3) is 0.432. The van der Waals surface area contributed by atoms with Gasteiger partial charge in [0.15, 0.2) is 0 Å². The quantitative estimate of drug-likeness (QED) is 0.274. The van der Waals surface area contributed by atoms with E-state index in [-0.39, 0.29) is 61.5 Å². The van der Waals surface area contributed by atoms with E-state index >= 15 is 0 Å². The van der Waals surface area contributed by atoms with Gasteiger partial charge in [-0.15, -0.1) is 0 Å². The zero-order valence-electron chi connectivity index (χ0n) is 28.2. The predicted octanol–water partition coefficient (Wildman–Crippen LogP) is 5.97. The molecule has 0 saturated heterocycles. The summed E-state index contributed by atoms with van der Waals surface area (Å²) in [5.41, 5.74) is 2.07. The van der Waals surface area contributed by atoms with E-state index in [0.29, 0.717) is 23.7 Å². The van der Waals surface area contributed by atoms with Gasteiger partial charge in [0.05, 0.1) is 36.8 Å². The van der Waals surface area contributed by atoms with Gasteiger partial charge >= 0.3 is 6.03 Å². The number of hydrogen-bond donors (Lipinski definition) is 3. The van der Waals surface area contributed by atoms with Crippen LogP contribution in [-0.4, -0.2) is 84.4 Å². The molecule has 0 saturated carbocycles. The minimum atomic E-state index is -0.547. The van der Waals surface area contributed by atoms with Crippen LogP contribution in [0.25, 0.3) is 0 Å². The molecule has 0 fully saturated rings. The number of nitrogens with one attached hydrogen (secondary N) is 2. The lowest BCUT2D eigenvalue weighted by Crippen LogP contribution is -2.48. The third-order valence-corrected chi connectivity index (χ3v) is 8.44. The lowest BCUT2D eigenvalue weighted by Gasteiger charge is -2.35. The minimum Gasteiger partial charge on any atom is -0.490 e. The van der Waals surface area contributed by atoms with Crippen LogP contribution in [0.15, 0.2) is 72.8 Å². The number of ether oxygens (including phenoxy) is 2. The maximum atomic E-state index is 14.3. The number of rotatable bonds is 8. The molecule has 48 heavy (non-hydrogen) atoms. The summed E-state index contributed by atoms with van der Waals surface area (Å²) in [7, 11) is 1.66. The van der Waals surface area contributed by atoms with E-state index in [1.165, 1.54) is 29.2 Å². The average molecular weight is 663 g/mol. The van der Waals surface area contributed by atoms with Crippen molar-refractivity contribution in [3.05, 3.63) is 89.7 Å². The highest BCUT2D eigenvalue weighted by Crippen LogP contribution is 2.29. The van der Waals surface area contributed by atoms with Crippen LogP contribution in [-0.2, 0) is 16.0 Å². The monoisotopic (exact) mass is 662 g/mol. The highest BCUT2D eigenvalue weighted by molar-refractivity contribution is 6.00. The van der Waals surface area contributed by atoms with Crippen LogP contribution in [0.1, 0.15) is 56.0 Å². The number of nitrogens with zero attached hydrogens (tertiary/aromatic N) is 2. The number of benzene rings is 3. The zero-order chi connectivity index (χ0) is 34.6. The molecule has 3 aromatic carbocycles. The summed E-state index contributed by atoms with van der Waals surface area (Å²) < 4.78 is 26.0. The molecular weight excluding hydrogens is 615 g/mol. The molecule has 1 aliphatic rings. The molecule has 4 amide bonds. The van der Waals surface area contributed by atoms with E-state index in [2.05, 4.69) is 10.6 Å². The standard InChI is InChI=1S/C37H47FN4O6/c1-25-22-42(26(2)24-43)36(45)32-21-31(39-35(44)20-28-11-6-5-7-12-28)17-18-33(32)48-27(3)10-8-9-19-47-34(25)23-41(4)37(46)40-30-15-13-29(38)14-16-30/h5-7,11-18,21,25-27,34,43H,8-10,19-20,22-24H2,1-4H3,(H,39,44)(H,40,46)/t25-,26+,27-,34-/m0/s1. The lowest BCUT2D eigenvalue weighted by atomic mass is 10.0. The Bertz CT molecular complexity index is 1510. The fourth-order valence-electron chi connectivity index (χ4n) is 5.55. The van der Waals surface area contributed by atoms with Crippen LogP contribution < -0.4 is 15.4 Å². The van der Waals surface area contributed by atoms with Crippen molar-refractivity contribution in [3.8, 4) is 5.75 Å². The van der Waals surface area contributed by atoms with E-state index < -0.39 is 18.0 Å². The summed E-state index contributed by atoms with van der Waals surface area (Å²) >= 11 is 0. The SMILES string of the molecule is C[C@H](CO)N1C[C@H](C)[C@H](CN(C)C(=O)Nc2ccc(F)cc2)OCCCC[C@H](C)Oc2ccc(NC(=O)Cc3ccccc3)cc2C1=O. The molecule has 10 nitrogen and oxygen atoms in total. The first kappa shape index (κ1) is 36.4. The molecule has 0 bridgehead atoms. The molecule has 3 aromatic rings. The third-order valence-electron chi connectivity index (χ3n) is 8.44. The van der Waals surface area contributed by atoms with Gasteiger partial charge in [0.25, 0.3) is 5.91 Å². The highest BCUT2D eigenvalue weighted by Gasteiger charge is 2.31. The lowest BCUT2D eigenvalue weighted by molar-refractivity contribution is -0.115. The van der Waals surface area contributed by atoms with Gasteiger partial charge in [0, 0.05) is 44.0 Å². The Kier molecular flexibility index (Phi) is 13.3. The van der Waals surface area contributed by atoms with Crippen LogP contribution in [0.4, 0.5) is 20.6 Å². The molecule has 0 spiro atoms. The number of fused-ring (bicyclic) bond motifs is 1. The molecule has 258 valence electrons. The van der Waals surface area contributed by atoms with E-state index in [1.807, 2.05) is 44.2 Å². The normalized spacial score (nSPS) is 19.7. The third kappa shape index (κ3) is 10.5. The van der Waals surface area contributed by atoms with E-state index in [9.17, 15) is 23.9 Å². The van der Waals surface area contributed by atoms with Crippen molar-refractivity contribution >= 4 is 29.2 Å². The van der Waals surface area contributed by atoms with Crippen molar-refractivity contribution in [1.82, 2.24) is 9.80 Å². The number of amides is 4. The molecule has 4 atom stereocenters.